The molecule has 88 valence electrons. The highest BCUT2D eigenvalue weighted by Gasteiger charge is 2.29. The number of hydrogen-bond donors (Lipinski definition) is 0. The lowest BCUT2D eigenvalue weighted by Gasteiger charge is -2.11. The monoisotopic (exact) mass is 224 g/mol. The van der Waals surface area contributed by atoms with Gasteiger partial charge in [0.25, 0.3) is 0 Å². The molecular weight excluding hydrogens is 208 g/mol. The van der Waals surface area contributed by atoms with Crippen LogP contribution in [-0.4, -0.2) is 27.9 Å². The van der Waals surface area contributed by atoms with Crippen LogP contribution in [0, 0.1) is 5.92 Å². The highest BCUT2D eigenvalue weighted by atomic mass is 16.5. The number of esters is 1. The van der Waals surface area contributed by atoms with Crippen molar-refractivity contribution < 1.29 is 14.3 Å². The Morgan fingerprint density at radius 3 is 2.62 bits per heavy atom. The van der Waals surface area contributed by atoms with E-state index in [1.54, 1.807) is 31.7 Å². The summed E-state index contributed by atoms with van der Waals surface area (Å²) in [7, 11) is 1.72. The molecule has 1 aromatic heterocycles. The molecule has 16 heavy (non-hydrogen) atoms. The largest absolute Gasteiger partial charge is 0.465 e. The van der Waals surface area contributed by atoms with Crippen LogP contribution < -0.4 is 0 Å². The Kier molecular flexibility index (Phi) is 4.22. The number of carbonyl (C=O) groups excluding carboxylic acids is 2. The Hall–Kier alpha value is -1.65. The molecule has 0 aliphatic rings. The number of ketones is 1. The first-order valence-corrected chi connectivity index (χ1v) is 5.30. The van der Waals surface area contributed by atoms with Gasteiger partial charge in [-0.1, -0.05) is 6.92 Å². The lowest BCUT2D eigenvalue weighted by molar-refractivity contribution is -0.146. The number of ether oxygens (including phenoxy) is 1. The molecule has 0 aliphatic carbocycles. The lowest BCUT2D eigenvalue weighted by Crippen LogP contribution is -2.27. The second-order valence-electron chi connectivity index (χ2n) is 3.44. The van der Waals surface area contributed by atoms with Gasteiger partial charge in [0, 0.05) is 19.4 Å². The van der Waals surface area contributed by atoms with Gasteiger partial charge in [-0.15, -0.1) is 0 Å². The highest BCUT2D eigenvalue weighted by molar-refractivity contribution is 6.06. The van der Waals surface area contributed by atoms with E-state index < -0.39 is 11.9 Å². The summed E-state index contributed by atoms with van der Waals surface area (Å²) in [6.45, 7) is 3.78. The molecule has 0 aliphatic heterocycles. The number of carbonyl (C=O) groups is 2. The van der Waals surface area contributed by atoms with Crippen molar-refractivity contribution in [2.24, 2.45) is 13.0 Å². The second-order valence-corrected chi connectivity index (χ2v) is 3.44. The van der Waals surface area contributed by atoms with E-state index in [0.29, 0.717) is 12.2 Å². The van der Waals surface area contributed by atoms with Crippen LogP contribution in [0.1, 0.15) is 30.9 Å². The minimum Gasteiger partial charge on any atom is -0.465 e. The van der Waals surface area contributed by atoms with Gasteiger partial charge < -0.3 is 9.30 Å². The van der Waals surface area contributed by atoms with Gasteiger partial charge in [0.2, 0.25) is 5.78 Å². The van der Waals surface area contributed by atoms with Crippen LogP contribution in [-0.2, 0) is 16.6 Å². The Morgan fingerprint density at radius 1 is 1.50 bits per heavy atom. The van der Waals surface area contributed by atoms with Crippen molar-refractivity contribution in [1.82, 2.24) is 9.55 Å². The van der Waals surface area contributed by atoms with E-state index >= 15 is 0 Å². The molecule has 0 aromatic carbocycles. The number of hydrogen-bond acceptors (Lipinski definition) is 4. The fourth-order valence-corrected chi connectivity index (χ4v) is 1.46. The topological polar surface area (TPSA) is 61.2 Å². The summed E-state index contributed by atoms with van der Waals surface area (Å²) < 4.78 is 6.46. The van der Waals surface area contributed by atoms with Crippen LogP contribution >= 0.6 is 0 Å². The number of aryl methyl sites for hydroxylation is 1. The van der Waals surface area contributed by atoms with Gasteiger partial charge in [0.1, 0.15) is 5.92 Å². The molecule has 0 saturated carbocycles. The van der Waals surface area contributed by atoms with Crippen LogP contribution in [0.5, 0.6) is 0 Å². The summed E-state index contributed by atoms with van der Waals surface area (Å²) in [5, 5.41) is 0. The standard InChI is InChI=1S/C11H16N2O3/c1-4-8(11(15)16-5-2)9(14)10-12-6-7-13(10)3/h6-8H,4-5H2,1-3H3. The van der Waals surface area contributed by atoms with E-state index in [4.69, 9.17) is 4.74 Å². The van der Waals surface area contributed by atoms with E-state index in [9.17, 15) is 9.59 Å². The van der Waals surface area contributed by atoms with Crippen LogP contribution in [0.2, 0.25) is 0 Å². The Labute approximate surface area is 94.4 Å². The zero-order chi connectivity index (χ0) is 12.1. The molecule has 1 aromatic rings. The summed E-state index contributed by atoms with van der Waals surface area (Å²) in [5.74, 6) is -1.22. The van der Waals surface area contributed by atoms with Gasteiger partial charge >= 0.3 is 5.97 Å². The van der Waals surface area contributed by atoms with Crippen LogP contribution in [0.4, 0.5) is 0 Å². The van der Waals surface area contributed by atoms with Crippen molar-refractivity contribution in [3.63, 3.8) is 0 Å². The molecule has 5 nitrogen and oxygen atoms in total. The van der Waals surface area contributed by atoms with Gasteiger partial charge in [-0.05, 0) is 13.3 Å². The SMILES string of the molecule is CCOC(=O)C(CC)C(=O)c1nccn1C. The summed E-state index contributed by atoms with van der Waals surface area (Å²) in [6.07, 6.45) is 3.63. The molecule has 1 unspecified atom stereocenters. The van der Waals surface area contributed by atoms with E-state index in [0.717, 1.165) is 0 Å². The van der Waals surface area contributed by atoms with E-state index in [1.807, 2.05) is 0 Å². The summed E-state index contributed by atoms with van der Waals surface area (Å²) >= 11 is 0. The van der Waals surface area contributed by atoms with Crippen molar-refractivity contribution in [1.29, 1.82) is 0 Å². The van der Waals surface area contributed by atoms with Gasteiger partial charge in [-0.3, -0.25) is 9.59 Å². The molecule has 0 spiro atoms. The first-order chi connectivity index (χ1) is 7.61. The quantitative estimate of drug-likeness (QED) is 0.428. The number of imidazole rings is 1. The zero-order valence-corrected chi connectivity index (χ0v) is 9.77. The molecule has 0 amide bonds. The molecule has 1 rings (SSSR count). The maximum absolute atomic E-state index is 12.0. The molecule has 0 bridgehead atoms. The van der Waals surface area contributed by atoms with E-state index in [2.05, 4.69) is 4.98 Å². The molecule has 1 atom stereocenters. The van der Waals surface area contributed by atoms with Gasteiger partial charge in [0.15, 0.2) is 5.82 Å². The number of rotatable bonds is 5. The molecule has 0 radical (unpaired) electrons. The minimum absolute atomic E-state index is 0.281. The molecule has 0 fully saturated rings. The second kappa shape index (κ2) is 5.44. The zero-order valence-electron chi connectivity index (χ0n) is 9.77. The van der Waals surface area contributed by atoms with Gasteiger partial charge in [-0.25, -0.2) is 4.98 Å². The van der Waals surface area contributed by atoms with Gasteiger partial charge in [0.05, 0.1) is 6.61 Å². The number of nitrogens with zero attached hydrogens (tertiary/aromatic N) is 2. The van der Waals surface area contributed by atoms with Crippen molar-refractivity contribution in [3.8, 4) is 0 Å². The first-order valence-electron chi connectivity index (χ1n) is 5.30. The predicted molar refractivity (Wildman–Crippen MR) is 58.0 cm³/mol. The van der Waals surface area contributed by atoms with Crippen molar-refractivity contribution in [2.45, 2.75) is 20.3 Å². The van der Waals surface area contributed by atoms with Crippen LogP contribution in [0.25, 0.3) is 0 Å². The average Bonchev–Trinajstić information content (AvgIpc) is 2.65. The van der Waals surface area contributed by atoms with Crippen LogP contribution in [0.3, 0.4) is 0 Å². The predicted octanol–water partition coefficient (Wildman–Crippen LogP) is 1.19. The third-order valence-corrected chi connectivity index (χ3v) is 2.34. The van der Waals surface area contributed by atoms with Crippen molar-refractivity contribution in [3.05, 3.63) is 18.2 Å². The van der Waals surface area contributed by atoms with Crippen molar-refractivity contribution in [2.75, 3.05) is 6.61 Å². The normalized spacial score (nSPS) is 12.2. The van der Waals surface area contributed by atoms with Crippen LogP contribution in [0.15, 0.2) is 12.4 Å². The fraction of sp³-hybridized carbons (Fsp3) is 0.545. The summed E-state index contributed by atoms with van der Waals surface area (Å²) in [4.78, 5) is 27.5. The van der Waals surface area contributed by atoms with Crippen molar-refractivity contribution >= 4 is 11.8 Å². The van der Waals surface area contributed by atoms with E-state index in [1.165, 1.54) is 6.20 Å². The Balaban J connectivity index is 2.86. The Bertz CT molecular complexity index is 384. The molecule has 0 saturated heterocycles. The molecular formula is C11H16N2O3. The molecule has 0 N–H and O–H groups in total. The highest BCUT2D eigenvalue weighted by Crippen LogP contribution is 2.12. The smallest absolute Gasteiger partial charge is 0.316 e. The fourth-order valence-electron chi connectivity index (χ4n) is 1.46. The minimum atomic E-state index is -0.749. The maximum atomic E-state index is 12.0. The molecule has 1 heterocycles. The number of aromatic nitrogens is 2. The van der Waals surface area contributed by atoms with E-state index in [-0.39, 0.29) is 12.4 Å². The summed E-state index contributed by atoms with van der Waals surface area (Å²) in [6, 6.07) is 0. The maximum Gasteiger partial charge on any atom is 0.316 e. The third-order valence-electron chi connectivity index (χ3n) is 2.34. The molecule has 5 heteroatoms. The first kappa shape index (κ1) is 12.4. The lowest BCUT2D eigenvalue weighted by atomic mass is 10.0. The average molecular weight is 224 g/mol. The Morgan fingerprint density at radius 2 is 2.19 bits per heavy atom. The number of Topliss-reactive ketones (excluding diaryl/α,β-unsaturated/α-hetero) is 1. The summed E-state index contributed by atoms with van der Waals surface area (Å²) in [5.41, 5.74) is 0. The third kappa shape index (κ3) is 2.48. The van der Waals surface area contributed by atoms with Gasteiger partial charge in [-0.2, -0.15) is 0 Å².